The molecule has 2 aliphatic heterocycles. The van der Waals surface area contributed by atoms with Crippen LogP contribution in [0.3, 0.4) is 0 Å². The molecule has 0 N–H and O–H groups in total. The zero-order valence-electron chi connectivity index (χ0n) is 14.9. The van der Waals surface area contributed by atoms with E-state index in [1.807, 2.05) is 0 Å². The van der Waals surface area contributed by atoms with Crippen molar-refractivity contribution in [3.8, 4) is 0 Å². The highest BCUT2D eigenvalue weighted by molar-refractivity contribution is 5.83. The van der Waals surface area contributed by atoms with Gasteiger partial charge in [0, 0.05) is 37.6 Å². The molecule has 0 bridgehead atoms. The van der Waals surface area contributed by atoms with Gasteiger partial charge in [-0.1, -0.05) is 32.6 Å². The van der Waals surface area contributed by atoms with Crippen LogP contribution in [0, 0.1) is 17.3 Å². The van der Waals surface area contributed by atoms with Gasteiger partial charge in [0.05, 0.1) is 0 Å². The van der Waals surface area contributed by atoms with Gasteiger partial charge in [-0.25, -0.2) is 0 Å². The largest absolute Gasteiger partial charge is 0.342 e. The second kappa shape index (κ2) is 6.38. The highest BCUT2D eigenvalue weighted by Gasteiger charge is 2.44. The van der Waals surface area contributed by atoms with Crippen molar-refractivity contribution >= 4 is 5.91 Å². The fraction of sp³-hybridized carbons (Fsp3) is 0.950. The Hall–Kier alpha value is -0.570. The molecule has 2 saturated carbocycles. The van der Waals surface area contributed by atoms with Gasteiger partial charge in [0.15, 0.2) is 0 Å². The number of piperidine rings is 1. The second-order valence-electron chi connectivity index (χ2n) is 9.05. The van der Waals surface area contributed by atoms with Gasteiger partial charge in [0.2, 0.25) is 5.91 Å². The molecular weight excluding hydrogens is 284 g/mol. The SMILES string of the molecule is CC1(C(=O)N2CCC(C3CN(C4CCCCC4)C3)CC2)CCC1. The summed E-state index contributed by atoms with van der Waals surface area (Å²) < 4.78 is 0. The third kappa shape index (κ3) is 3.06. The van der Waals surface area contributed by atoms with Crippen LogP contribution in [0.2, 0.25) is 0 Å². The summed E-state index contributed by atoms with van der Waals surface area (Å²) in [7, 11) is 0. The molecule has 23 heavy (non-hydrogen) atoms. The topological polar surface area (TPSA) is 23.6 Å². The Labute approximate surface area is 141 Å². The van der Waals surface area contributed by atoms with Crippen LogP contribution in [-0.4, -0.2) is 47.9 Å². The van der Waals surface area contributed by atoms with Crippen LogP contribution < -0.4 is 0 Å². The van der Waals surface area contributed by atoms with Gasteiger partial charge >= 0.3 is 0 Å². The molecule has 1 amide bonds. The van der Waals surface area contributed by atoms with Crippen molar-refractivity contribution in [1.29, 1.82) is 0 Å². The summed E-state index contributed by atoms with van der Waals surface area (Å²) in [5, 5.41) is 0. The summed E-state index contributed by atoms with van der Waals surface area (Å²) in [5.41, 5.74) is 0.00108. The van der Waals surface area contributed by atoms with E-state index in [1.165, 1.54) is 64.5 Å². The first-order valence-electron chi connectivity index (χ1n) is 10.2. The van der Waals surface area contributed by atoms with E-state index in [0.717, 1.165) is 43.8 Å². The highest BCUT2D eigenvalue weighted by atomic mass is 16.2. The summed E-state index contributed by atoms with van der Waals surface area (Å²) in [5.74, 6) is 2.26. The standard InChI is InChI=1S/C20H34N2O/c1-20(10-5-11-20)19(23)21-12-8-16(9-13-21)17-14-22(15-17)18-6-3-2-4-7-18/h16-18H,2-15H2,1H3. The molecule has 2 saturated heterocycles. The predicted molar refractivity (Wildman–Crippen MR) is 93.2 cm³/mol. The van der Waals surface area contributed by atoms with Gasteiger partial charge in [0.1, 0.15) is 0 Å². The molecule has 3 nitrogen and oxygen atoms in total. The van der Waals surface area contributed by atoms with Gasteiger partial charge < -0.3 is 4.90 Å². The molecule has 0 unspecified atom stereocenters. The smallest absolute Gasteiger partial charge is 0.228 e. The first kappa shape index (κ1) is 15.9. The number of hydrogen-bond acceptors (Lipinski definition) is 2. The van der Waals surface area contributed by atoms with E-state index in [9.17, 15) is 4.79 Å². The van der Waals surface area contributed by atoms with Crippen molar-refractivity contribution in [3.63, 3.8) is 0 Å². The van der Waals surface area contributed by atoms with Crippen molar-refractivity contribution < 1.29 is 4.79 Å². The van der Waals surface area contributed by atoms with E-state index < -0.39 is 0 Å². The molecule has 0 atom stereocenters. The van der Waals surface area contributed by atoms with Crippen molar-refractivity contribution in [1.82, 2.24) is 9.80 Å². The normalized spacial score (nSPS) is 30.7. The van der Waals surface area contributed by atoms with Gasteiger partial charge in [-0.15, -0.1) is 0 Å². The molecular formula is C20H34N2O. The fourth-order valence-electron chi connectivity index (χ4n) is 5.47. The molecule has 0 aromatic heterocycles. The van der Waals surface area contributed by atoms with E-state index in [4.69, 9.17) is 0 Å². The Balaban J connectivity index is 1.21. The maximum atomic E-state index is 12.6. The number of carbonyl (C=O) groups is 1. The van der Waals surface area contributed by atoms with Crippen LogP contribution in [-0.2, 0) is 4.79 Å². The predicted octanol–water partition coefficient (Wildman–Crippen LogP) is 3.68. The minimum Gasteiger partial charge on any atom is -0.342 e. The number of rotatable bonds is 3. The molecule has 2 heterocycles. The maximum absolute atomic E-state index is 12.6. The molecule has 4 rings (SSSR count). The van der Waals surface area contributed by atoms with Crippen molar-refractivity contribution in [3.05, 3.63) is 0 Å². The zero-order chi connectivity index (χ0) is 15.9. The van der Waals surface area contributed by atoms with Crippen molar-refractivity contribution in [2.45, 2.75) is 77.2 Å². The van der Waals surface area contributed by atoms with Gasteiger partial charge in [-0.05, 0) is 50.4 Å². The lowest BCUT2D eigenvalue weighted by atomic mass is 9.69. The Kier molecular flexibility index (Phi) is 4.42. The third-order valence-electron chi connectivity index (χ3n) is 7.50. The number of likely N-dealkylation sites (tertiary alicyclic amines) is 2. The van der Waals surface area contributed by atoms with E-state index >= 15 is 0 Å². The lowest BCUT2D eigenvalue weighted by molar-refractivity contribution is -0.148. The lowest BCUT2D eigenvalue weighted by Gasteiger charge is -2.50. The van der Waals surface area contributed by atoms with Gasteiger partial charge in [-0.2, -0.15) is 0 Å². The quantitative estimate of drug-likeness (QED) is 0.792. The number of carbonyl (C=O) groups excluding carboxylic acids is 1. The first-order chi connectivity index (χ1) is 11.2. The van der Waals surface area contributed by atoms with Crippen LogP contribution in [0.1, 0.15) is 71.1 Å². The lowest BCUT2D eigenvalue weighted by Crippen LogP contribution is -2.57. The molecule has 4 aliphatic rings. The molecule has 4 fully saturated rings. The van der Waals surface area contributed by atoms with Crippen molar-refractivity contribution in [2.75, 3.05) is 26.2 Å². The van der Waals surface area contributed by atoms with E-state index in [0.29, 0.717) is 5.91 Å². The number of nitrogens with zero attached hydrogens (tertiary/aromatic N) is 2. The Morgan fingerprint density at radius 1 is 0.870 bits per heavy atom. The Bertz CT molecular complexity index is 425. The average molecular weight is 319 g/mol. The highest BCUT2D eigenvalue weighted by Crippen LogP contribution is 2.43. The Morgan fingerprint density at radius 3 is 2.09 bits per heavy atom. The zero-order valence-corrected chi connectivity index (χ0v) is 14.9. The van der Waals surface area contributed by atoms with E-state index in [-0.39, 0.29) is 5.41 Å². The summed E-state index contributed by atoms with van der Waals surface area (Å²) in [6, 6.07) is 0.903. The van der Waals surface area contributed by atoms with E-state index in [1.54, 1.807) is 0 Å². The number of hydrogen-bond donors (Lipinski definition) is 0. The van der Waals surface area contributed by atoms with E-state index in [2.05, 4.69) is 16.7 Å². The average Bonchev–Trinajstić information content (AvgIpc) is 2.52. The van der Waals surface area contributed by atoms with Crippen LogP contribution in [0.25, 0.3) is 0 Å². The Morgan fingerprint density at radius 2 is 1.52 bits per heavy atom. The maximum Gasteiger partial charge on any atom is 0.228 e. The molecule has 3 heteroatoms. The summed E-state index contributed by atoms with van der Waals surface area (Å²) in [6.07, 6.45) is 13.2. The molecule has 0 aromatic rings. The summed E-state index contributed by atoms with van der Waals surface area (Å²) >= 11 is 0. The molecule has 2 aliphatic carbocycles. The molecule has 0 radical (unpaired) electrons. The second-order valence-corrected chi connectivity index (χ2v) is 9.05. The molecule has 0 spiro atoms. The number of amides is 1. The van der Waals surface area contributed by atoms with Gasteiger partial charge in [-0.3, -0.25) is 9.69 Å². The fourth-order valence-corrected chi connectivity index (χ4v) is 5.47. The minimum atomic E-state index is 0.00108. The summed E-state index contributed by atoms with van der Waals surface area (Å²) in [6.45, 7) is 6.93. The molecule has 0 aromatic carbocycles. The molecule has 130 valence electrons. The first-order valence-corrected chi connectivity index (χ1v) is 10.2. The van der Waals surface area contributed by atoms with Gasteiger partial charge in [0.25, 0.3) is 0 Å². The van der Waals surface area contributed by atoms with Crippen LogP contribution in [0.5, 0.6) is 0 Å². The monoisotopic (exact) mass is 318 g/mol. The minimum absolute atomic E-state index is 0.00108. The van der Waals surface area contributed by atoms with Crippen molar-refractivity contribution in [2.24, 2.45) is 17.3 Å². The third-order valence-corrected chi connectivity index (χ3v) is 7.50. The van der Waals surface area contributed by atoms with Crippen LogP contribution in [0.15, 0.2) is 0 Å². The van der Waals surface area contributed by atoms with Crippen LogP contribution >= 0.6 is 0 Å². The van der Waals surface area contributed by atoms with Crippen LogP contribution in [0.4, 0.5) is 0 Å². The summed E-state index contributed by atoms with van der Waals surface area (Å²) in [4.78, 5) is 17.6.